The predicted octanol–water partition coefficient (Wildman–Crippen LogP) is 3.56. The molecule has 1 aliphatic rings. The Bertz CT molecular complexity index is 218. The van der Waals surface area contributed by atoms with E-state index in [1.54, 1.807) is 0 Å². The number of rotatable bonds is 6. The fourth-order valence-electron chi connectivity index (χ4n) is 2.12. The van der Waals surface area contributed by atoms with Gasteiger partial charge in [-0.1, -0.05) is 26.0 Å². The first-order chi connectivity index (χ1) is 7.70. The number of nitrogens with one attached hydrogen (secondary N) is 1. The molecule has 0 spiro atoms. The van der Waals surface area contributed by atoms with Crippen LogP contribution in [0.15, 0.2) is 12.2 Å². The Morgan fingerprint density at radius 1 is 1.38 bits per heavy atom. The Morgan fingerprint density at radius 3 is 2.62 bits per heavy atom. The van der Waals surface area contributed by atoms with Gasteiger partial charge in [0.1, 0.15) is 0 Å². The first kappa shape index (κ1) is 14.5. The Labute approximate surface area is 109 Å². The third-order valence-corrected chi connectivity index (χ3v) is 6.32. The molecule has 1 nitrogen and oxygen atoms in total. The zero-order valence-electron chi connectivity index (χ0n) is 10.8. The van der Waals surface area contributed by atoms with Gasteiger partial charge >= 0.3 is 0 Å². The number of hydrogen-bond donors (Lipinski definition) is 1. The van der Waals surface area contributed by atoms with Crippen molar-refractivity contribution in [1.82, 2.24) is 5.32 Å². The highest BCUT2D eigenvalue weighted by Crippen LogP contribution is 2.36. The van der Waals surface area contributed by atoms with Gasteiger partial charge in [-0.2, -0.15) is 23.5 Å². The highest BCUT2D eigenvalue weighted by molar-refractivity contribution is 8.07. The fourth-order valence-corrected chi connectivity index (χ4v) is 5.44. The molecule has 3 atom stereocenters. The van der Waals surface area contributed by atoms with E-state index in [0.29, 0.717) is 11.3 Å². The van der Waals surface area contributed by atoms with Crippen molar-refractivity contribution in [1.29, 1.82) is 0 Å². The van der Waals surface area contributed by atoms with Gasteiger partial charge in [0.05, 0.1) is 0 Å². The van der Waals surface area contributed by atoms with Crippen LogP contribution < -0.4 is 5.32 Å². The molecule has 1 N–H and O–H groups in total. The molecule has 3 unspecified atom stereocenters. The average molecular weight is 259 g/mol. The van der Waals surface area contributed by atoms with Crippen LogP contribution in [-0.2, 0) is 0 Å². The van der Waals surface area contributed by atoms with Crippen LogP contribution in [0.3, 0.4) is 0 Å². The molecule has 16 heavy (non-hydrogen) atoms. The first-order valence-corrected chi connectivity index (χ1v) is 8.42. The van der Waals surface area contributed by atoms with Crippen molar-refractivity contribution < 1.29 is 0 Å². The van der Waals surface area contributed by atoms with Gasteiger partial charge in [0.25, 0.3) is 0 Å². The van der Waals surface area contributed by atoms with E-state index in [1.807, 2.05) is 0 Å². The quantitative estimate of drug-likeness (QED) is 0.733. The molecule has 0 saturated carbocycles. The number of thioether (sulfide) groups is 2. The summed E-state index contributed by atoms with van der Waals surface area (Å²) in [5.41, 5.74) is 1.30. The van der Waals surface area contributed by atoms with Gasteiger partial charge in [0.15, 0.2) is 0 Å². The van der Waals surface area contributed by atoms with Crippen molar-refractivity contribution in [3.05, 3.63) is 12.2 Å². The fraction of sp³-hybridized carbons (Fsp3) is 0.846. The van der Waals surface area contributed by atoms with Crippen molar-refractivity contribution in [2.75, 3.05) is 18.1 Å². The smallest absolute Gasteiger partial charge is 0.0405 e. The van der Waals surface area contributed by atoms with Crippen molar-refractivity contribution in [3.8, 4) is 0 Å². The summed E-state index contributed by atoms with van der Waals surface area (Å²) in [6, 6.07) is 0.503. The zero-order chi connectivity index (χ0) is 12.0. The highest BCUT2D eigenvalue weighted by Gasteiger charge is 2.31. The molecular weight excluding hydrogens is 234 g/mol. The van der Waals surface area contributed by atoms with Crippen LogP contribution in [-0.4, -0.2) is 34.6 Å². The minimum absolute atomic E-state index is 0.503. The molecule has 0 aliphatic carbocycles. The molecule has 1 heterocycles. The second kappa shape index (κ2) is 7.67. The Kier molecular flexibility index (Phi) is 6.94. The maximum atomic E-state index is 4.17. The van der Waals surface area contributed by atoms with E-state index in [-0.39, 0.29) is 0 Å². The first-order valence-electron chi connectivity index (χ1n) is 6.32. The van der Waals surface area contributed by atoms with Crippen LogP contribution in [0.4, 0.5) is 0 Å². The lowest BCUT2D eigenvalue weighted by Crippen LogP contribution is -2.45. The number of hydrogen-bond acceptors (Lipinski definition) is 3. The van der Waals surface area contributed by atoms with Crippen molar-refractivity contribution in [3.63, 3.8) is 0 Å². The molecule has 1 saturated heterocycles. The summed E-state index contributed by atoms with van der Waals surface area (Å²) in [6.07, 6.45) is 2.48. The van der Waals surface area contributed by atoms with Gasteiger partial charge in [-0.3, -0.25) is 0 Å². The van der Waals surface area contributed by atoms with E-state index in [1.165, 1.54) is 29.9 Å². The minimum atomic E-state index is 0.503. The molecular formula is C13H25NS2. The van der Waals surface area contributed by atoms with E-state index < -0.39 is 0 Å². The summed E-state index contributed by atoms with van der Waals surface area (Å²) in [4.78, 5) is 0. The van der Waals surface area contributed by atoms with Crippen LogP contribution in [0.25, 0.3) is 0 Å². The van der Waals surface area contributed by atoms with Gasteiger partial charge in [-0.15, -0.1) is 0 Å². The van der Waals surface area contributed by atoms with Crippen molar-refractivity contribution in [2.45, 2.75) is 50.2 Å². The lowest BCUT2D eigenvalue weighted by molar-refractivity contribution is 0.530. The molecule has 0 amide bonds. The molecule has 1 rings (SSSR count). The molecule has 0 aromatic heterocycles. The standard InChI is InChI=1S/C13H25NS2/c1-5-7-14-12(10(3)4)13-11(6-2)15-8-9-16-13/h11-14H,3,5-9H2,1-2,4H3. The minimum Gasteiger partial charge on any atom is -0.309 e. The molecule has 94 valence electrons. The summed E-state index contributed by atoms with van der Waals surface area (Å²) < 4.78 is 0. The lowest BCUT2D eigenvalue weighted by atomic mass is 10.0. The normalized spacial score (nSPS) is 27.7. The second-order valence-corrected chi connectivity index (χ2v) is 7.06. The van der Waals surface area contributed by atoms with E-state index in [2.05, 4.69) is 56.2 Å². The third-order valence-electron chi connectivity index (χ3n) is 2.97. The molecule has 0 aromatic carbocycles. The maximum Gasteiger partial charge on any atom is 0.0405 e. The molecule has 1 aliphatic heterocycles. The van der Waals surface area contributed by atoms with Crippen LogP contribution >= 0.6 is 23.5 Å². The highest BCUT2D eigenvalue weighted by atomic mass is 32.2. The molecule has 1 fully saturated rings. The largest absolute Gasteiger partial charge is 0.309 e. The summed E-state index contributed by atoms with van der Waals surface area (Å²) in [6.45, 7) is 12.0. The molecule has 0 radical (unpaired) electrons. The van der Waals surface area contributed by atoms with Gasteiger partial charge in [-0.05, 0) is 26.3 Å². The van der Waals surface area contributed by atoms with Crippen molar-refractivity contribution >= 4 is 23.5 Å². The Hall–Kier alpha value is 0.400. The van der Waals surface area contributed by atoms with E-state index in [9.17, 15) is 0 Å². The molecule has 3 heteroatoms. The second-order valence-electron chi connectivity index (χ2n) is 4.43. The van der Waals surface area contributed by atoms with Crippen molar-refractivity contribution in [2.24, 2.45) is 0 Å². The van der Waals surface area contributed by atoms with E-state index in [4.69, 9.17) is 0 Å². The van der Waals surface area contributed by atoms with E-state index >= 15 is 0 Å². The molecule has 0 aromatic rings. The topological polar surface area (TPSA) is 12.0 Å². The van der Waals surface area contributed by atoms with Crippen LogP contribution in [0, 0.1) is 0 Å². The van der Waals surface area contributed by atoms with Gasteiger partial charge in [0.2, 0.25) is 0 Å². The molecule has 0 bridgehead atoms. The Morgan fingerprint density at radius 2 is 2.06 bits per heavy atom. The van der Waals surface area contributed by atoms with Crippen LogP contribution in [0.5, 0.6) is 0 Å². The van der Waals surface area contributed by atoms with Crippen LogP contribution in [0.1, 0.15) is 33.6 Å². The lowest BCUT2D eigenvalue weighted by Gasteiger charge is -2.36. The Balaban J connectivity index is 2.62. The van der Waals surface area contributed by atoms with Gasteiger partial charge < -0.3 is 5.32 Å². The summed E-state index contributed by atoms with van der Waals surface area (Å²) in [7, 11) is 0. The van der Waals surface area contributed by atoms with E-state index in [0.717, 1.165) is 11.8 Å². The van der Waals surface area contributed by atoms with Gasteiger partial charge in [0, 0.05) is 28.0 Å². The predicted molar refractivity (Wildman–Crippen MR) is 79.7 cm³/mol. The summed E-state index contributed by atoms with van der Waals surface area (Å²) in [5, 5.41) is 5.18. The maximum absolute atomic E-state index is 4.17. The van der Waals surface area contributed by atoms with Crippen LogP contribution in [0.2, 0.25) is 0 Å². The van der Waals surface area contributed by atoms with Gasteiger partial charge in [-0.25, -0.2) is 0 Å². The summed E-state index contributed by atoms with van der Waals surface area (Å²) in [5.74, 6) is 2.61. The monoisotopic (exact) mass is 259 g/mol. The average Bonchev–Trinajstić information content (AvgIpc) is 2.29. The third kappa shape index (κ3) is 4.01. The SMILES string of the molecule is C=C(C)C(NCCC)C1SCCSC1CC. The zero-order valence-corrected chi connectivity index (χ0v) is 12.4. The summed E-state index contributed by atoms with van der Waals surface area (Å²) >= 11 is 4.29.